The summed E-state index contributed by atoms with van der Waals surface area (Å²) in [6, 6.07) is 16.6. The van der Waals surface area contributed by atoms with E-state index in [1.165, 1.54) is 101 Å². The fourth-order valence-corrected chi connectivity index (χ4v) is 4.93. The first-order valence-corrected chi connectivity index (χ1v) is 16.2. The van der Waals surface area contributed by atoms with Gasteiger partial charge in [-0.25, -0.2) is 0 Å². The number of thiocarbonyl (C=S) groups is 2. The summed E-state index contributed by atoms with van der Waals surface area (Å²) in [6.07, 6.45) is 21.0. The van der Waals surface area contributed by atoms with Gasteiger partial charge in [-0.15, -0.1) is 0 Å². The van der Waals surface area contributed by atoms with Crippen LogP contribution in [-0.4, -0.2) is 8.64 Å². The Hall–Kier alpha value is 0.0483. The molecule has 0 radical (unpaired) electrons. The molecule has 0 heterocycles. The normalized spacial score (nSPS) is 9.61. The second-order valence-electron chi connectivity index (χ2n) is 9.88. The van der Waals surface area contributed by atoms with Crippen molar-refractivity contribution in [2.45, 2.75) is 117 Å². The molecule has 2 rings (SSSR count). The standard InChI is InChI=1S/2C16H25NS2.Mo.2S/c2*1-2-3-4-5-6-7-8-11-14-12-9-10-13-15(14)17-16(18)19;;;/h2*9-10,12-13H,2-8,11H2,1H3,(H2,17,18,19);;;/q;;+6;2*-2/p-2. The van der Waals surface area contributed by atoms with Crippen molar-refractivity contribution in [1.82, 2.24) is 0 Å². The van der Waals surface area contributed by atoms with Gasteiger partial charge in [0.2, 0.25) is 0 Å². The molecule has 0 spiro atoms. The Morgan fingerprint density at radius 1 is 0.537 bits per heavy atom. The molecule has 0 fully saturated rings. The quantitative estimate of drug-likeness (QED) is 0.0682. The average molecular weight is 749 g/mol. The van der Waals surface area contributed by atoms with Gasteiger partial charge in [-0.2, -0.15) is 0 Å². The van der Waals surface area contributed by atoms with Gasteiger partial charge >= 0.3 is 21.1 Å². The molecular weight excluding hydrogens is 701 g/mol. The predicted molar refractivity (Wildman–Crippen MR) is 198 cm³/mol. The molecule has 0 saturated carbocycles. The third kappa shape index (κ3) is 25.1. The molecule has 0 unspecified atom stereocenters. The number of nitrogens with one attached hydrogen (secondary N) is 2. The Balaban J connectivity index is -0.000000656. The molecule has 0 amide bonds. The van der Waals surface area contributed by atoms with Crippen LogP contribution in [0.4, 0.5) is 11.4 Å². The number of hydrogen-bond acceptors (Lipinski definition) is 4. The van der Waals surface area contributed by atoms with E-state index in [-0.39, 0.29) is 48.1 Å². The zero-order chi connectivity index (χ0) is 27.8. The summed E-state index contributed by atoms with van der Waals surface area (Å²) in [5.74, 6) is 0. The summed E-state index contributed by atoms with van der Waals surface area (Å²) < 4.78 is 0.846. The molecule has 9 heteroatoms. The molecule has 0 aliphatic heterocycles. The maximum Gasteiger partial charge on any atom is 6.00 e. The topological polar surface area (TPSA) is 24.1 Å². The molecule has 0 saturated heterocycles. The minimum absolute atomic E-state index is 0. The number of hydrogen-bond donors (Lipinski definition) is 2. The molecular formula is C32H48MoN2S6. The van der Waals surface area contributed by atoms with Gasteiger partial charge in [-0.3, -0.25) is 0 Å². The van der Waals surface area contributed by atoms with Crippen molar-refractivity contribution < 1.29 is 21.1 Å². The maximum atomic E-state index is 4.94. The van der Waals surface area contributed by atoms with Crippen LogP contribution in [0.3, 0.4) is 0 Å². The molecule has 0 aliphatic carbocycles. The number of rotatable bonds is 18. The van der Waals surface area contributed by atoms with Crippen LogP contribution in [-0.2, 0) is 86.2 Å². The van der Waals surface area contributed by atoms with Crippen LogP contribution in [0, 0.1) is 0 Å². The molecule has 0 aliphatic rings. The molecule has 0 bridgehead atoms. The second-order valence-corrected chi connectivity index (χ2v) is 12.0. The van der Waals surface area contributed by atoms with E-state index < -0.39 is 0 Å². The van der Waals surface area contributed by atoms with Crippen molar-refractivity contribution in [3.05, 3.63) is 59.7 Å². The van der Waals surface area contributed by atoms with E-state index in [4.69, 9.17) is 49.7 Å². The van der Waals surface area contributed by atoms with Crippen LogP contribution in [0.1, 0.15) is 115 Å². The third-order valence-corrected chi connectivity index (χ3v) is 7.02. The van der Waals surface area contributed by atoms with E-state index in [1.54, 1.807) is 0 Å². The SMILES string of the molecule is CCCCCCCCCc1ccccc1NC(=S)[S-].CCCCCCCCCc1ccccc1NC(=S)[S-].[Mo+6].[S-2].[S-2]. The number of benzene rings is 2. The van der Waals surface area contributed by atoms with Crippen LogP contribution in [0.5, 0.6) is 0 Å². The summed E-state index contributed by atoms with van der Waals surface area (Å²) in [6.45, 7) is 4.51. The van der Waals surface area contributed by atoms with Crippen molar-refractivity contribution in [3.8, 4) is 0 Å². The van der Waals surface area contributed by atoms with Crippen LogP contribution in [0.15, 0.2) is 48.5 Å². The zero-order valence-corrected chi connectivity index (χ0v) is 31.7. The molecule has 2 nitrogen and oxygen atoms in total. The molecule has 0 atom stereocenters. The van der Waals surface area contributed by atoms with Gasteiger partial charge in [0.1, 0.15) is 0 Å². The molecule has 2 aromatic carbocycles. The number of anilines is 2. The van der Waals surface area contributed by atoms with Gasteiger partial charge < -0.3 is 87.3 Å². The predicted octanol–water partition coefficient (Wildman–Crippen LogP) is 10.4. The Morgan fingerprint density at radius 3 is 1.15 bits per heavy atom. The summed E-state index contributed by atoms with van der Waals surface area (Å²) in [5, 5.41) is 6.18. The smallest absolute Gasteiger partial charge is 2.00 e. The first-order valence-electron chi connectivity index (χ1n) is 14.6. The second kappa shape index (κ2) is 31.5. The zero-order valence-electron chi connectivity index (χ0n) is 24.8. The van der Waals surface area contributed by atoms with Crippen LogP contribution in [0.25, 0.3) is 0 Å². The first kappa shape index (κ1) is 45.5. The van der Waals surface area contributed by atoms with Crippen molar-refractivity contribution in [1.29, 1.82) is 0 Å². The summed E-state index contributed by atoms with van der Waals surface area (Å²) in [7, 11) is 0. The molecule has 2 aromatic rings. The van der Waals surface area contributed by atoms with Gasteiger partial charge in [0, 0.05) is 11.4 Å². The summed E-state index contributed by atoms with van der Waals surface area (Å²) in [4.78, 5) is 0. The van der Waals surface area contributed by atoms with Gasteiger partial charge in [0.25, 0.3) is 0 Å². The summed E-state index contributed by atoms with van der Waals surface area (Å²) in [5.41, 5.74) is 4.80. The first-order chi connectivity index (χ1) is 18.5. The number of para-hydroxylation sites is 2. The van der Waals surface area contributed by atoms with E-state index in [0.29, 0.717) is 8.64 Å². The molecule has 0 aromatic heterocycles. The van der Waals surface area contributed by atoms with E-state index >= 15 is 0 Å². The maximum absolute atomic E-state index is 4.94. The van der Waals surface area contributed by atoms with E-state index in [0.717, 1.165) is 24.2 Å². The number of unbranched alkanes of at least 4 members (excludes halogenated alkanes) is 12. The van der Waals surface area contributed by atoms with E-state index in [2.05, 4.69) is 60.9 Å². The van der Waals surface area contributed by atoms with Gasteiger partial charge in [0.05, 0.1) is 0 Å². The van der Waals surface area contributed by atoms with Crippen molar-refractivity contribution in [2.24, 2.45) is 0 Å². The molecule has 2 N–H and O–H groups in total. The Kier molecular flexibility index (Phi) is 34.9. The Bertz CT molecular complexity index is 840. The number of aryl methyl sites for hydroxylation is 2. The Labute approximate surface area is 302 Å². The van der Waals surface area contributed by atoms with E-state index in [1.807, 2.05) is 12.1 Å². The summed E-state index contributed by atoms with van der Waals surface area (Å²) >= 11 is 19.7. The van der Waals surface area contributed by atoms with Crippen LogP contribution in [0.2, 0.25) is 0 Å². The monoisotopic (exact) mass is 750 g/mol. The largest absolute Gasteiger partial charge is 6.00 e. The van der Waals surface area contributed by atoms with Crippen molar-refractivity contribution >= 4 is 96.7 Å². The Morgan fingerprint density at radius 2 is 0.829 bits per heavy atom. The fraction of sp³-hybridized carbons (Fsp3) is 0.562. The molecule has 228 valence electrons. The fourth-order valence-electron chi connectivity index (χ4n) is 4.49. The minimum atomic E-state index is 0. The van der Waals surface area contributed by atoms with Gasteiger partial charge in [-0.1, -0.05) is 136 Å². The minimum Gasteiger partial charge on any atom is -2.00 e. The van der Waals surface area contributed by atoms with Gasteiger partial charge in [0.15, 0.2) is 0 Å². The van der Waals surface area contributed by atoms with Crippen molar-refractivity contribution in [3.63, 3.8) is 0 Å². The van der Waals surface area contributed by atoms with Crippen LogP contribution < -0.4 is 10.6 Å². The average Bonchev–Trinajstić information content (AvgIpc) is 2.89. The van der Waals surface area contributed by atoms with Crippen molar-refractivity contribution in [2.75, 3.05) is 10.6 Å². The van der Waals surface area contributed by atoms with E-state index in [9.17, 15) is 0 Å². The van der Waals surface area contributed by atoms with Gasteiger partial charge in [-0.05, 0) is 48.9 Å². The third-order valence-electron chi connectivity index (χ3n) is 6.61. The van der Waals surface area contributed by atoms with Crippen LogP contribution >= 0.6 is 24.4 Å². The molecule has 41 heavy (non-hydrogen) atoms.